The summed E-state index contributed by atoms with van der Waals surface area (Å²) in [5.74, 6) is 0.206. The highest BCUT2D eigenvalue weighted by Gasteiger charge is 2.06. The maximum atomic E-state index is 11.4. The van der Waals surface area contributed by atoms with Crippen LogP contribution in [0, 0.1) is 0 Å². The summed E-state index contributed by atoms with van der Waals surface area (Å²) in [7, 11) is 3.95. The second-order valence-corrected chi connectivity index (χ2v) is 3.92. The summed E-state index contributed by atoms with van der Waals surface area (Å²) < 4.78 is 5.14. The third kappa shape index (κ3) is 4.31. The van der Waals surface area contributed by atoms with Gasteiger partial charge in [-0.05, 0) is 39.2 Å². The van der Waals surface area contributed by atoms with Crippen LogP contribution >= 0.6 is 0 Å². The lowest BCUT2D eigenvalue weighted by molar-refractivity contribution is -0.134. The number of hydrogen-bond donors (Lipinski definition) is 1. The Bertz CT molecular complexity index is 351. The number of nitrogen functional groups attached to an aromatic ring is 1. The van der Waals surface area contributed by atoms with Crippen LogP contribution in [0.3, 0.4) is 0 Å². The van der Waals surface area contributed by atoms with E-state index in [1.807, 2.05) is 19.0 Å². The highest BCUT2D eigenvalue weighted by Crippen LogP contribution is 2.20. The number of carbonyl (C=O) groups excluding carboxylic acids is 1. The molecule has 2 N–H and O–H groups in total. The molecule has 4 heteroatoms. The molecule has 0 spiro atoms. The lowest BCUT2D eigenvalue weighted by Gasteiger charge is -2.09. The van der Waals surface area contributed by atoms with Crippen molar-refractivity contribution < 1.29 is 9.53 Å². The molecular formula is C12H18N2O2. The van der Waals surface area contributed by atoms with Crippen LogP contribution in [0.25, 0.3) is 0 Å². The molecule has 0 aliphatic rings. The van der Waals surface area contributed by atoms with Crippen LogP contribution in [0.4, 0.5) is 5.69 Å². The van der Waals surface area contributed by atoms with Crippen molar-refractivity contribution in [2.45, 2.75) is 12.8 Å². The lowest BCUT2D eigenvalue weighted by atomic mass is 10.3. The number of rotatable bonds is 5. The highest BCUT2D eigenvalue weighted by molar-refractivity contribution is 5.74. The summed E-state index contributed by atoms with van der Waals surface area (Å²) in [5.41, 5.74) is 6.15. The topological polar surface area (TPSA) is 55.6 Å². The van der Waals surface area contributed by atoms with Crippen LogP contribution in [-0.2, 0) is 4.79 Å². The van der Waals surface area contributed by atoms with Crippen LogP contribution in [0.1, 0.15) is 12.8 Å². The summed E-state index contributed by atoms with van der Waals surface area (Å²) in [5, 5.41) is 0. The Morgan fingerprint density at radius 1 is 1.38 bits per heavy atom. The van der Waals surface area contributed by atoms with E-state index in [2.05, 4.69) is 0 Å². The monoisotopic (exact) mass is 222 g/mol. The van der Waals surface area contributed by atoms with Gasteiger partial charge in [0.15, 0.2) is 5.75 Å². The van der Waals surface area contributed by atoms with Crippen LogP contribution in [0.5, 0.6) is 5.75 Å². The van der Waals surface area contributed by atoms with Crippen molar-refractivity contribution in [1.29, 1.82) is 0 Å². The summed E-state index contributed by atoms with van der Waals surface area (Å²) in [6.07, 6.45) is 1.20. The van der Waals surface area contributed by atoms with Gasteiger partial charge in [-0.15, -0.1) is 0 Å². The molecule has 0 heterocycles. The fourth-order valence-corrected chi connectivity index (χ4v) is 1.29. The number of esters is 1. The minimum atomic E-state index is -0.236. The molecule has 0 amide bonds. The number of ether oxygens (including phenoxy) is 1. The molecule has 0 radical (unpaired) electrons. The van der Waals surface area contributed by atoms with Gasteiger partial charge in [-0.1, -0.05) is 12.1 Å². The minimum absolute atomic E-state index is 0.236. The van der Waals surface area contributed by atoms with E-state index in [0.717, 1.165) is 13.0 Å². The molecule has 1 aromatic rings. The van der Waals surface area contributed by atoms with Gasteiger partial charge in [0.1, 0.15) is 0 Å². The lowest BCUT2D eigenvalue weighted by Crippen LogP contribution is -2.16. The van der Waals surface area contributed by atoms with E-state index in [4.69, 9.17) is 10.5 Å². The minimum Gasteiger partial charge on any atom is -0.424 e. The summed E-state index contributed by atoms with van der Waals surface area (Å²) in [4.78, 5) is 13.5. The first kappa shape index (κ1) is 12.5. The molecular weight excluding hydrogens is 204 g/mol. The number of benzene rings is 1. The van der Waals surface area contributed by atoms with Crippen LogP contribution < -0.4 is 10.5 Å². The van der Waals surface area contributed by atoms with Gasteiger partial charge in [-0.3, -0.25) is 4.79 Å². The summed E-state index contributed by atoms with van der Waals surface area (Å²) >= 11 is 0. The number of para-hydroxylation sites is 2. The molecule has 16 heavy (non-hydrogen) atoms. The van der Waals surface area contributed by atoms with Crippen LogP contribution in [0.15, 0.2) is 24.3 Å². The first-order valence-corrected chi connectivity index (χ1v) is 5.29. The van der Waals surface area contributed by atoms with Gasteiger partial charge in [-0.2, -0.15) is 0 Å². The Morgan fingerprint density at radius 2 is 2.06 bits per heavy atom. The van der Waals surface area contributed by atoms with Gasteiger partial charge in [0.05, 0.1) is 5.69 Å². The van der Waals surface area contributed by atoms with Gasteiger partial charge in [-0.25, -0.2) is 0 Å². The van der Waals surface area contributed by atoms with Crippen molar-refractivity contribution in [3.63, 3.8) is 0 Å². The maximum absolute atomic E-state index is 11.4. The van der Waals surface area contributed by atoms with Crippen LogP contribution in [0.2, 0.25) is 0 Å². The molecule has 0 aromatic heterocycles. The van der Waals surface area contributed by atoms with E-state index in [1.54, 1.807) is 24.3 Å². The molecule has 1 aromatic carbocycles. The van der Waals surface area contributed by atoms with Gasteiger partial charge < -0.3 is 15.4 Å². The molecule has 0 unspecified atom stereocenters. The number of anilines is 1. The molecule has 1 rings (SSSR count). The van der Waals surface area contributed by atoms with Crippen molar-refractivity contribution in [3.8, 4) is 5.75 Å². The van der Waals surface area contributed by atoms with Gasteiger partial charge in [0.2, 0.25) is 0 Å². The maximum Gasteiger partial charge on any atom is 0.311 e. The Balaban J connectivity index is 2.37. The number of hydrogen-bond acceptors (Lipinski definition) is 4. The van der Waals surface area contributed by atoms with Crippen molar-refractivity contribution in [3.05, 3.63) is 24.3 Å². The van der Waals surface area contributed by atoms with Crippen molar-refractivity contribution in [2.24, 2.45) is 0 Å². The molecule has 0 bridgehead atoms. The first-order chi connectivity index (χ1) is 7.59. The fraction of sp³-hybridized carbons (Fsp3) is 0.417. The molecule has 4 nitrogen and oxygen atoms in total. The molecule has 0 saturated heterocycles. The average molecular weight is 222 g/mol. The van der Waals surface area contributed by atoms with E-state index in [1.165, 1.54) is 0 Å². The largest absolute Gasteiger partial charge is 0.424 e. The summed E-state index contributed by atoms with van der Waals surface area (Å²) in [6, 6.07) is 7.00. The molecule has 0 atom stereocenters. The zero-order valence-electron chi connectivity index (χ0n) is 9.77. The van der Waals surface area contributed by atoms with Crippen molar-refractivity contribution >= 4 is 11.7 Å². The van der Waals surface area contributed by atoms with Gasteiger partial charge >= 0.3 is 5.97 Å². The van der Waals surface area contributed by atoms with E-state index >= 15 is 0 Å². The summed E-state index contributed by atoms with van der Waals surface area (Å²) in [6.45, 7) is 0.874. The predicted octanol–water partition coefficient (Wildman–Crippen LogP) is 1.52. The molecule has 0 fully saturated rings. The number of nitrogens with two attached hydrogens (primary N) is 1. The van der Waals surface area contributed by atoms with E-state index in [0.29, 0.717) is 17.9 Å². The average Bonchev–Trinajstić information content (AvgIpc) is 2.21. The van der Waals surface area contributed by atoms with E-state index in [-0.39, 0.29) is 5.97 Å². The van der Waals surface area contributed by atoms with E-state index in [9.17, 15) is 4.79 Å². The molecule has 0 aliphatic carbocycles. The molecule has 88 valence electrons. The SMILES string of the molecule is CN(C)CCCC(=O)Oc1ccccc1N. The fourth-order valence-electron chi connectivity index (χ4n) is 1.29. The Labute approximate surface area is 96.0 Å². The zero-order valence-corrected chi connectivity index (χ0v) is 9.77. The van der Waals surface area contributed by atoms with Crippen molar-refractivity contribution in [2.75, 3.05) is 26.4 Å². The number of carbonyl (C=O) groups is 1. The molecule has 0 saturated carbocycles. The Kier molecular flexibility index (Phi) is 4.79. The standard InChI is InChI=1S/C12H18N2O2/c1-14(2)9-5-8-12(15)16-11-7-4-3-6-10(11)13/h3-4,6-7H,5,8-9,13H2,1-2H3. The Hall–Kier alpha value is -1.55. The van der Waals surface area contributed by atoms with Crippen LogP contribution in [-0.4, -0.2) is 31.5 Å². The predicted molar refractivity (Wildman–Crippen MR) is 64.3 cm³/mol. The van der Waals surface area contributed by atoms with E-state index < -0.39 is 0 Å². The quantitative estimate of drug-likeness (QED) is 0.466. The smallest absolute Gasteiger partial charge is 0.311 e. The Morgan fingerprint density at radius 3 is 2.69 bits per heavy atom. The number of nitrogens with zero attached hydrogens (tertiary/aromatic N) is 1. The highest BCUT2D eigenvalue weighted by atomic mass is 16.5. The third-order valence-corrected chi connectivity index (χ3v) is 2.13. The normalized spacial score (nSPS) is 10.4. The zero-order chi connectivity index (χ0) is 12.0. The second-order valence-electron chi connectivity index (χ2n) is 3.92. The molecule has 0 aliphatic heterocycles. The third-order valence-electron chi connectivity index (χ3n) is 2.13. The second kappa shape index (κ2) is 6.12. The van der Waals surface area contributed by atoms with Gasteiger partial charge in [0, 0.05) is 6.42 Å². The van der Waals surface area contributed by atoms with Crippen molar-refractivity contribution in [1.82, 2.24) is 4.90 Å². The van der Waals surface area contributed by atoms with Gasteiger partial charge in [0.25, 0.3) is 0 Å². The first-order valence-electron chi connectivity index (χ1n) is 5.29.